The summed E-state index contributed by atoms with van der Waals surface area (Å²) >= 11 is 12.2. The zero-order valence-corrected chi connectivity index (χ0v) is 19.9. The minimum Gasteiger partial charge on any atom is -0.495 e. The van der Waals surface area contributed by atoms with Crippen LogP contribution in [0.3, 0.4) is 0 Å². The number of carbonyl (C=O) groups is 1. The molecule has 0 N–H and O–H groups in total. The number of halogens is 2. The third kappa shape index (κ3) is 5.45. The topological polar surface area (TPSA) is 66.9 Å². The summed E-state index contributed by atoms with van der Waals surface area (Å²) in [5.74, 6) is -0.0407. The van der Waals surface area contributed by atoms with Gasteiger partial charge >= 0.3 is 0 Å². The molecule has 31 heavy (non-hydrogen) atoms. The standard InChI is InChI=1S/C22H26Cl2N2O4S/c1-16-7-10-20(30-2)21(13-16)31(28,29)26(17-8-9-18(23)19(24)14-17)15-22(27)25-11-5-3-4-6-12-25/h7-10,13-14H,3-6,11-12,15H2,1-2H3. The van der Waals surface area contributed by atoms with Crippen molar-refractivity contribution >= 4 is 44.8 Å². The summed E-state index contributed by atoms with van der Waals surface area (Å²) in [6, 6.07) is 9.43. The molecule has 168 valence electrons. The number of carbonyl (C=O) groups excluding carboxylic acids is 1. The van der Waals surface area contributed by atoms with Crippen molar-refractivity contribution < 1.29 is 17.9 Å². The molecule has 0 unspecified atom stereocenters. The van der Waals surface area contributed by atoms with Crippen molar-refractivity contribution in [3.8, 4) is 5.75 Å². The summed E-state index contributed by atoms with van der Waals surface area (Å²) in [5.41, 5.74) is 1.02. The second-order valence-corrected chi connectivity index (χ2v) is 10.2. The predicted molar refractivity (Wildman–Crippen MR) is 124 cm³/mol. The van der Waals surface area contributed by atoms with Gasteiger partial charge in [0.1, 0.15) is 17.2 Å². The van der Waals surface area contributed by atoms with Gasteiger partial charge in [-0.1, -0.05) is 42.1 Å². The van der Waals surface area contributed by atoms with Gasteiger partial charge in [0.2, 0.25) is 5.91 Å². The van der Waals surface area contributed by atoms with E-state index in [1.807, 2.05) is 0 Å². The quantitative estimate of drug-likeness (QED) is 0.583. The van der Waals surface area contributed by atoms with Crippen molar-refractivity contribution in [1.82, 2.24) is 4.90 Å². The fraction of sp³-hybridized carbons (Fsp3) is 0.409. The van der Waals surface area contributed by atoms with E-state index in [2.05, 4.69) is 0 Å². The van der Waals surface area contributed by atoms with Crippen LogP contribution in [0.4, 0.5) is 5.69 Å². The van der Waals surface area contributed by atoms with Crippen molar-refractivity contribution in [2.75, 3.05) is 31.0 Å². The monoisotopic (exact) mass is 484 g/mol. The van der Waals surface area contributed by atoms with Crippen molar-refractivity contribution in [2.24, 2.45) is 0 Å². The molecule has 1 saturated heterocycles. The van der Waals surface area contributed by atoms with Crippen LogP contribution in [-0.2, 0) is 14.8 Å². The van der Waals surface area contributed by atoms with Gasteiger partial charge in [-0.05, 0) is 55.7 Å². The van der Waals surface area contributed by atoms with Crippen molar-refractivity contribution in [1.29, 1.82) is 0 Å². The van der Waals surface area contributed by atoms with Gasteiger partial charge in [-0.25, -0.2) is 8.42 Å². The smallest absolute Gasteiger partial charge is 0.268 e. The maximum atomic E-state index is 13.7. The van der Waals surface area contributed by atoms with E-state index >= 15 is 0 Å². The van der Waals surface area contributed by atoms with Crippen LogP contribution in [0.2, 0.25) is 10.0 Å². The molecule has 0 aliphatic carbocycles. The average molecular weight is 485 g/mol. The second-order valence-electron chi connectivity index (χ2n) is 7.56. The van der Waals surface area contributed by atoms with E-state index in [0.717, 1.165) is 35.6 Å². The fourth-order valence-corrected chi connectivity index (χ4v) is 5.54. The van der Waals surface area contributed by atoms with E-state index in [4.69, 9.17) is 27.9 Å². The van der Waals surface area contributed by atoms with Crippen LogP contribution in [0.5, 0.6) is 5.75 Å². The summed E-state index contributed by atoms with van der Waals surface area (Å²) in [6.07, 6.45) is 3.96. The number of anilines is 1. The summed E-state index contributed by atoms with van der Waals surface area (Å²) in [6.45, 7) is 2.71. The number of sulfonamides is 1. The molecule has 1 amide bonds. The third-order valence-corrected chi connectivity index (χ3v) is 7.85. The molecular weight excluding hydrogens is 459 g/mol. The third-order valence-electron chi connectivity index (χ3n) is 5.32. The van der Waals surface area contributed by atoms with Gasteiger partial charge in [-0.3, -0.25) is 9.10 Å². The lowest BCUT2D eigenvalue weighted by Crippen LogP contribution is -2.43. The Morgan fingerprint density at radius 3 is 2.32 bits per heavy atom. The Hall–Kier alpha value is -1.96. The molecule has 1 aliphatic heterocycles. The van der Waals surface area contributed by atoms with E-state index in [-0.39, 0.29) is 33.8 Å². The van der Waals surface area contributed by atoms with Crippen LogP contribution in [0.15, 0.2) is 41.3 Å². The Bertz CT molecular complexity index is 1050. The molecule has 0 saturated carbocycles. The molecule has 2 aromatic rings. The molecule has 3 rings (SSSR count). The number of hydrogen-bond donors (Lipinski definition) is 0. The zero-order chi connectivity index (χ0) is 22.6. The first-order valence-electron chi connectivity index (χ1n) is 10.1. The minimum absolute atomic E-state index is 0.00950. The number of likely N-dealkylation sites (tertiary alicyclic amines) is 1. The molecule has 1 aliphatic rings. The minimum atomic E-state index is -4.13. The van der Waals surface area contributed by atoms with Crippen molar-refractivity contribution in [3.63, 3.8) is 0 Å². The maximum absolute atomic E-state index is 13.7. The molecule has 0 atom stereocenters. The number of ether oxygens (including phenoxy) is 1. The molecule has 2 aromatic carbocycles. The normalized spacial score (nSPS) is 14.8. The van der Waals surface area contributed by atoms with Gasteiger partial charge in [0.15, 0.2) is 0 Å². The van der Waals surface area contributed by atoms with Crippen LogP contribution < -0.4 is 9.04 Å². The van der Waals surface area contributed by atoms with E-state index < -0.39 is 10.0 Å². The Morgan fingerprint density at radius 2 is 1.71 bits per heavy atom. The number of aryl methyl sites for hydroxylation is 1. The number of methoxy groups -OCH3 is 1. The van der Waals surface area contributed by atoms with Crippen LogP contribution in [0, 0.1) is 6.92 Å². The van der Waals surface area contributed by atoms with Crippen LogP contribution in [0.1, 0.15) is 31.2 Å². The Kier molecular flexibility index (Phi) is 7.73. The fourth-order valence-electron chi connectivity index (χ4n) is 3.60. The van der Waals surface area contributed by atoms with Gasteiger partial charge < -0.3 is 9.64 Å². The van der Waals surface area contributed by atoms with Gasteiger partial charge in [-0.2, -0.15) is 0 Å². The second kappa shape index (κ2) is 10.1. The van der Waals surface area contributed by atoms with Crippen LogP contribution in [0.25, 0.3) is 0 Å². The molecular formula is C22H26Cl2N2O4S. The maximum Gasteiger partial charge on any atom is 0.268 e. The average Bonchev–Trinajstić information content (AvgIpc) is 3.03. The SMILES string of the molecule is COc1ccc(C)cc1S(=O)(=O)N(CC(=O)N1CCCCCC1)c1ccc(Cl)c(Cl)c1. The first kappa shape index (κ1) is 23.7. The molecule has 0 aromatic heterocycles. The molecule has 1 heterocycles. The number of nitrogens with zero attached hydrogens (tertiary/aromatic N) is 2. The molecule has 0 spiro atoms. The van der Waals surface area contributed by atoms with Gasteiger partial charge in [0.05, 0.1) is 22.8 Å². The first-order valence-corrected chi connectivity index (χ1v) is 12.3. The predicted octanol–water partition coefficient (Wildman–Crippen LogP) is 4.91. The van der Waals surface area contributed by atoms with Crippen molar-refractivity contribution in [3.05, 3.63) is 52.0 Å². The van der Waals surface area contributed by atoms with Crippen molar-refractivity contribution in [2.45, 2.75) is 37.5 Å². The first-order chi connectivity index (χ1) is 14.7. The molecule has 0 bridgehead atoms. The van der Waals surface area contributed by atoms with E-state index in [1.54, 1.807) is 30.0 Å². The van der Waals surface area contributed by atoms with Gasteiger partial charge in [0, 0.05) is 13.1 Å². The number of hydrogen-bond acceptors (Lipinski definition) is 4. The van der Waals surface area contributed by atoms with Crippen LogP contribution in [-0.4, -0.2) is 46.0 Å². The van der Waals surface area contributed by atoms with E-state index in [1.165, 1.54) is 25.3 Å². The lowest BCUT2D eigenvalue weighted by Gasteiger charge is -2.28. The highest BCUT2D eigenvalue weighted by molar-refractivity contribution is 7.93. The van der Waals surface area contributed by atoms with Gasteiger partial charge in [-0.15, -0.1) is 0 Å². The molecule has 1 fully saturated rings. The highest BCUT2D eigenvalue weighted by Gasteiger charge is 2.32. The number of amides is 1. The summed E-state index contributed by atoms with van der Waals surface area (Å²) < 4.78 is 33.9. The lowest BCUT2D eigenvalue weighted by molar-refractivity contribution is -0.129. The summed E-state index contributed by atoms with van der Waals surface area (Å²) in [4.78, 5) is 14.8. The summed E-state index contributed by atoms with van der Waals surface area (Å²) in [5, 5.41) is 0.507. The lowest BCUT2D eigenvalue weighted by atomic mass is 10.2. The highest BCUT2D eigenvalue weighted by Crippen LogP contribution is 2.34. The highest BCUT2D eigenvalue weighted by atomic mass is 35.5. The number of rotatable bonds is 6. The van der Waals surface area contributed by atoms with Gasteiger partial charge in [0.25, 0.3) is 10.0 Å². The molecule has 6 nitrogen and oxygen atoms in total. The van der Waals surface area contributed by atoms with E-state index in [0.29, 0.717) is 18.1 Å². The number of benzene rings is 2. The Morgan fingerprint density at radius 1 is 1.03 bits per heavy atom. The summed E-state index contributed by atoms with van der Waals surface area (Å²) in [7, 11) is -2.72. The molecule has 9 heteroatoms. The largest absolute Gasteiger partial charge is 0.495 e. The Balaban J connectivity index is 2.06. The molecule has 0 radical (unpaired) electrons. The zero-order valence-electron chi connectivity index (χ0n) is 17.6. The Labute approximate surface area is 193 Å². The van der Waals surface area contributed by atoms with E-state index in [9.17, 15) is 13.2 Å². The van der Waals surface area contributed by atoms with Crippen LogP contribution >= 0.6 is 23.2 Å².